The Kier molecular flexibility index (Phi) is 6.16. The zero-order valence-corrected chi connectivity index (χ0v) is 13.7. The normalized spacial score (nSPS) is 10.5. The minimum atomic E-state index is -0.580. The minimum Gasteiger partial charge on any atom is -0.366 e. The van der Waals surface area contributed by atoms with Crippen molar-refractivity contribution in [2.75, 3.05) is 11.1 Å². The van der Waals surface area contributed by atoms with Gasteiger partial charge in [-0.1, -0.05) is 37.2 Å². The predicted octanol–water partition coefficient (Wildman–Crippen LogP) is 1.98. The number of amides is 2. The number of nitrogens with two attached hydrogens (primary N) is 1. The number of H-pyrrole nitrogens is 1. The van der Waals surface area contributed by atoms with Crippen molar-refractivity contribution in [2.45, 2.75) is 31.3 Å². The summed E-state index contributed by atoms with van der Waals surface area (Å²) in [4.78, 5) is 27.6. The van der Waals surface area contributed by atoms with Gasteiger partial charge in [0.1, 0.15) is 5.82 Å². The van der Waals surface area contributed by atoms with E-state index in [2.05, 4.69) is 27.4 Å². The molecule has 2 aromatic rings. The number of para-hydroxylation sites is 1. The average Bonchev–Trinajstić information content (AvgIpc) is 2.99. The predicted molar refractivity (Wildman–Crippen MR) is 89.3 cm³/mol. The number of benzene rings is 1. The van der Waals surface area contributed by atoms with Gasteiger partial charge in [0.2, 0.25) is 11.1 Å². The summed E-state index contributed by atoms with van der Waals surface area (Å²) in [5.41, 5.74) is 5.97. The highest BCUT2D eigenvalue weighted by atomic mass is 32.2. The minimum absolute atomic E-state index is 0.151. The molecule has 0 spiro atoms. The molecule has 2 rings (SSSR count). The van der Waals surface area contributed by atoms with Crippen LogP contribution in [0.3, 0.4) is 0 Å². The second-order valence-electron chi connectivity index (χ2n) is 4.91. The standard InChI is InChI=1S/C15H19N5O2S/c1-2-3-8-12-18-15(20-19-12)23-9-13(21)17-11-7-5-4-6-10(11)14(16)22/h4-7H,2-3,8-9H2,1H3,(H2,16,22)(H,17,21)(H,18,19,20). The number of rotatable bonds is 8. The second-order valence-corrected chi connectivity index (χ2v) is 5.86. The number of unbranched alkanes of at least 4 members (excludes halogenated alkanes) is 1. The number of carbonyl (C=O) groups is 2. The van der Waals surface area contributed by atoms with Gasteiger partial charge in [-0.25, -0.2) is 4.98 Å². The van der Waals surface area contributed by atoms with E-state index in [1.807, 2.05) is 0 Å². The van der Waals surface area contributed by atoms with Crippen molar-refractivity contribution in [3.05, 3.63) is 35.7 Å². The summed E-state index contributed by atoms with van der Waals surface area (Å²) in [7, 11) is 0. The van der Waals surface area contributed by atoms with E-state index in [4.69, 9.17) is 5.73 Å². The Morgan fingerprint density at radius 1 is 1.35 bits per heavy atom. The number of hydrogen-bond donors (Lipinski definition) is 3. The van der Waals surface area contributed by atoms with Gasteiger partial charge < -0.3 is 11.1 Å². The zero-order valence-electron chi connectivity index (χ0n) is 12.8. The fourth-order valence-electron chi connectivity index (χ4n) is 1.92. The average molecular weight is 333 g/mol. The van der Waals surface area contributed by atoms with Crippen LogP contribution in [-0.2, 0) is 11.2 Å². The lowest BCUT2D eigenvalue weighted by atomic mass is 10.1. The first kappa shape index (κ1) is 17.0. The molecular weight excluding hydrogens is 314 g/mol. The first-order valence-corrected chi connectivity index (χ1v) is 8.31. The van der Waals surface area contributed by atoms with Crippen LogP contribution in [0, 0.1) is 0 Å². The molecule has 1 heterocycles. The number of aromatic nitrogens is 3. The molecular formula is C15H19N5O2S. The van der Waals surface area contributed by atoms with Crippen molar-refractivity contribution in [3.8, 4) is 0 Å². The molecule has 0 atom stereocenters. The summed E-state index contributed by atoms with van der Waals surface area (Å²) in [5, 5.41) is 10.1. The van der Waals surface area contributed by atoms with Gasteiger partial charge in [0.25, 0.3) is 5.91 Å². The molecule has 2 amide bonds. The molecule has 1 aromatic heterocycles. The van der Waals surface area contributed by atoms with Gasteiger partial charge >= 0.3 is 0 Å². The molecule has 0 saturated heterocycles. The maximum absolute atomic E-state index is 12.0. The Morgan fingerprint density at radius 3 is 2.87 bits per heavy atom. The SMILES string of the molecule is CCCCc1nc(SCC(=O)Nc2ccccc2C(N)=O)n[nH]1. The number of anilines is 1. The lowest BCUT2D eigenvalue weighted by molar-refractivity contribution is -0.113. The Bertz CT molecular complexity index is 686. The highest BCUT2D eigenvalue weighted by molar-refractivity contribution is 7.99. The van der Waals surface area contributed by atoms with Crippen molar-refractivity contribution in [1.29, 1.82) is 0 Å². The molecule has 7 nitrogen and oxygen atoms in total. The van der Waals surface area contributed by atoms with Crippen LogP contribution < -0.4 is 11.1 Å². The first-order valence-electron chi connectivity index (χ1n) is 7.33. The van der Waals surface area contributed by atoms with Crippen LogP contribution in [-0.4, -0.2) is 32.7 Å². The number of hydrogen-bond acceptors (Lipinski definition) is 5. The molecule has 8 heteroatoms. The van der Waals surface area contributed by atoms with E-state index in [0.29, 0.717) is 10.8 Å². The van der Waals surface area contributed by atoms with Crippen LogP contribution >= 0.6 is 11.8 Å². The third kappa shape index (κ3) is 5.10. The Morgan fingerprint density at radius 2 is 2.13 bits per heavy atom. The Labute approximate surface area is 138 Å². The van der Waals surface area contributed by atoms with Crippen molar-refractivity contribution >= 4 is 29.3 Å². The number of primary amides is 1. The molecule has 0 aliphatic rings. The molecule has 0 bridgehead atoms. The monoisotopic (exact) mass is 333 g/mol. The lowest BCUT2D eigenvalue weighted by Crippen LogP contribution is -2.19. The van der Waals surface area contributed by atoms with Crippen LogP contribution in [0.4, 0.5) is 5.69 Å². The third-order valence-corrected chi connectivity index (χ3v) is 3.92. The fraction of sp³-hybridized carbons (Fsp3) is 0.333. The van der Waals surface area contributed by atoms with Gasteiger partial charge in [-0.15, -0.1) is 5.10 Å². The molecule has 0 aliphatic heterocycles. The number of nitrogens with zero attached hydrogens (tertiary/aromatic N) is 2. The quantitative estimate of drug-likeness (QED) is 0.639. The maximum Gasteiger partial charge on any atom is 0.250 e. The first-order chi connectivity index (χ1) is 11.1. The van der Waals surface area contributed by atoms with Crippen molar-refractivity contribution < 1.29 is 9.59 Å². The van der Waals surface area contributed by atoms with Crippen molar-refractivity contribution in [1.82, 2.24) is 15.2 Å². The number of thioether (sulfide) groups is 1. The van der Waals surface area contributed by atoms with E-state index in [1.54, 1.807) is 24.3 Å². The number of carbonyl (C=O) groups excluding carboxylic acids is 2. The molecule has 0 fully saturated rings. The van der Waals surface area contributed by atoms with E-state index in [1.165, 1.54) is 11.8 Å². The highest BCUT2D eigenvalue weighted by Gasteiger charge is 2.12. The summed E-state index contributed by atoms with van der Waals surface area (Å²) < 4.78 is 0. The van der Waals surface area contributed by atoms with Gasteiger partial charge in [0, 0.05) is 6.42 Å². The van der Waals surface area contributed by atoms with Crippen LogP contribution in [0.2, 0.25) is 0 Å². The maximum atomic E-state index is 12.0. The van der Waals surface area contributed by atoms with Gasteiger partial charge in [0.05, 0.1) is 17.0 Å². The van der Waals surface area contributed by atoms with Gasteiger partial charge in [-0.3, -0.25) is 14.7 Å². The molecule has 0 saturated carbocycles. The van der Waals surface area contributed by atoms with Crippen LogP contribution in [0.1, 0.15) is 35.9 Å². The highest BCUT2D eigenvalue weighted by Crippen LogP contribution is 2.17. The molecule has 0 unspecified atom stereocenters. The summed E-state index contributed by atoms with van der Waals surface area (Å²) in [6.07, 6.45) is 2.98. The fourth-order valence-corrected chi connectivity index (χ4v) is 2.54. The Balaban J connectivity index is 1.88. The molecule has 0 radical (unpaired) electrons. The molecule has 122 valence electrons. The smallest absolute Gasteiger partial charge is 0.250 e. The van der Waals surface area contributed by atoms with Gasteiger partial charge in [0.15, 0.2) is 0 Å². The zero-order chi connectivity index (χ0) is 16.7. The van der Waals surface area contributed by atoms with Crippen molar-refractivity contribution in [2.24, 2.45) is 5.73 Å². The summed E-state index contributed by atoms with van der Waals surface area (Å²) in [5.74, 6) is 0.151. The van der Waals surface area contributed by atoms with E-state index >= 15 is 0 Å². The van der Waals surface area contributed by atoms with Crippen LogP contribution in [0.5, 0.6) is 0 Å². The molecule has 0 aliphatic carbocycles. The second kappa shape index (κ2) is 8.33. The van der Waals surface area contributed by atoms with E-state index < -0.39 is 5.91 Å². The number of aryl methyl sites for hydroxylation is 1. The van der Waals surface area contributed by atoms with E-state index in [0.717, 1.165) is 25.1 Å². The molecule has 23 heavy (non-hydrogen) atoms. The lowest BCUT2D eigenvalue weighted by Gasteiger charge is -2.07. The number of aromatic amines is 1. The number of nitrogens with one attached hydrogen (secondary N) is 2. The summed E-state index contributed by atoms with van der Waals surface area (Å²) in [6.45, 7) is 2.11. The van der Waals surface area contributed by atoms with E-state index in [-0.39, 0.29) is 17.2 Å². The van der Waals surface area contributed by atoms with Crippen LogP contribution in [0.15, 0.2) is 29.4 Å². The third-order valence-electron chi connectivity index (χ3n) is 3.08. The largest absolute Gasteiger partial charge is 0.366 e. The van der Waals surface area contributed by atoms with Gasteiger partial charge in [-0.05, 0) is 18.6 Å². The topological polar surface area (TPSA) is 114 Å². The molecule has 4 N–H and O–H groups in total. The molecule has 1 aromatic carbocycles. The summed E-state index contributed by atoms with van der Waals surface area (Å²) in [6, 6.07) is 6.62. The van der Waals surface area contributed by atoms with Crippen LogP contribution in [0.25, 0.3) is 0 Å². The van der Waals surface area contributed by atoms with Crippen molar-refractivity contribution in [3.63, 3.8) is 0 Å². The van der Waals surface area contributed by atoms with Gasteiger partial charge in [-0.2, -0.15) is 0 Å². The summed E-state index contributed by atoms with van der Waals surface area (Å²) >= 11 is 1.23. The Hall–Kier alpha value is -2.35. The van der Waals surface area contributed by atoms with E-state index in [9.17, 15) is 9.59 Å².